The minimum absolute atomic E-state index is 0.278. The number of hydrogen-bond donors (Lipinski definition) is 0. The van der Waals surface area contributed by atoms with Crippen molar-refractivity contribution in [1.82, 2.24) is 0 Å². The van der Waals surface area contributed by atoms with Crippen LogP contribution in [0.15, 0.2) is 23.3 Å². The van der Waals surface area contributed by atoms with Crippen molar-refractivity contribution in [1.29, 1.82) is 0 Å². The normalized spacial score (nSPS) is 24.4. The molecule has 0 heterocycles. The largest absolute Gasteiger partial charge is 0.295 e. The van der Waals surface area contributed by atoms with Gasteiger partial charge < -0.3 is 0 Å². The third kappa shape index (κ3) is 2.63. The highest BCUT2D eigenvalue weighted by atomic mass is 16.1. The zero-order valence-corrected chi connectivity index (χ0v) is 11.3. The fourth-order valence-corrected chi connectivity index (χ4v) is 2.30. The van der Waals surface area contributed by atoms with Crippen molar-refractivity contribution < 1.29 is 4.79 Å². The zero-order valence-electron chi connectivity index (χ0n) is 11.3. The Morgan fingerprint density at radius 3 is 2.62 bits per heavy atom. The first-order chi connectivity index (χ1) is 7.39. The number of hydrogen-bond acceptors (Lipinski definition) is 1. The molecule has 1 nitrogen and oxygen atoms in total. The van der Waals surface area contributed by atoms with Crippen LogP contribution in [-0.2, 0) is 4.79 Å². The molecular formula is C15H24O. The van der Waals surface area contributed by atoms with Crippen molar-refractivity contribution in [3.8, 4) is 0 Å². The van der Waals surface area contributed by atoms with Gasteiger partial charge in [-0.3, -0.25) is 4.79 Å². The van der Waals surface area contributed by atoms with E-state index < -0.39 is 0 Å². The molecule has 0 aromatic carbocycles. The summed E-state index contributed by atoms with van der Waals surface area (Å²) in [5, 5.41) is 0. The van der Waals surface area contributed by atoms with E-state index in [0.717, 1.165) is 18.4 Å². The standard InChI is InChI=1S/C15H24O/c1-6-14(16)11(2)7-9-13-10-8-12(3)15(13,4)5/h7-8,13H,6,9-10H2,1-5H3/b11-7+/t13-/m0/s1. The lowest BCUT2D eigenvalue weighted by molar-refractivity contribution is -0.115. The van der Waals surface area contributed by atoms with E-state index in [-0.39, 0.29) is 5.78 Å². The van der Waals surface area contributed by atoms with Crippen molar-refractivity contribution in [3.05, 3.63) is 23.3 Å². The SMILES string of the molecule is CCC(=O)/C(C)=C/C[C@H]1CC=C(C)C1(C)C. The summed E-state index contributed by atoms with van der Waals surface area (Å²) < 4.78 is 0. The molecule has 16 heavy (non-hydrogen) atoms. The van der Waals surface area contributed by atoms with Crippen LogP contribution in [0.5, 0.6) is 0 Å². The number of rotatable bonds is 4. The van der Waals surface area contributed by atoms with Gasteiger partial charge in [0.1, 0.15) is 0 Å². The van der Waals surface area contributed by atoms with E-state index in [4.69, 9.17) is 0 Å². The van der Waals surface area contributed by atoms with Crippen LogP contribution in [-0.4, -0.2) is 5.78 Å². The Kier molecular flexibility index (Phi) is 4.12. The van der Waals surface area contributed by atoms with Crippen LogP contribution in [0.1, 0.15) is 53.9 Å². The van der Waals surface area contributed by atoms with Gasteiger partial charge in [-0.1, -0.05) is 38.5 Å². The van der Waals surface area contributed by atoms with Gasteiger partial charge in [-0.25, -0.2) is 0 Å². The smallest absolute Gasteiger partial charge is 0.157 e. The van der Waals surface area contributed by atoms with E-state index in [1.807, 2.05) is 13.8 Å². The Morgan fingerprint density at radius 1 is 1.56 bits per heavy atom. The molecule has 1 aliphatic rings. The lowest BCUT2D eigenvalue weighted by Gasteiger charge is -2.29. The predicted octanol–water partition coefficient (Wildman–Crippen LogP) is 4.29. The summed E-state index contributed by atoms with van der Waals surface area (Å²) in [7, 11) is 0. The van der Waals surface area contributed by atoms with Gasteiger partial charge in [0.25, 0.3) is 0 Å². The summed E-state index contributed by atoms with van der Waals surface area (Å²) in [5.41, 5.74) is 2.72. The van der Waals surface area contributed by atoms with Crippen LogP contribution >= 0.6 is 0 Å². The maximum absolute atomic E-state index is 11.5. The molecule has 1 rings (SSSR count). The van der Waals surface area contributed by atoms with Crippen molar-refractivity contribution >= 4 is 5.78 Å². The first-order valence-electron chi connectivity index (χ1n) is 6.26. The highest BCUT2D eigenvalue weighted by Gasteiger charge is 2.33. The summed E-state index contributed by atoms with van der Waals surface area (Å²) in [6.45, 7) is 10.7. The van der Waals surface area contributed by atoms with E-state index in [2.05, 4.69) is 32.9 Å². The van der Waals surface area contributed by atoms with Crippen LogP contribution < -0.4 is 0 Å². The molecule has 0 aliphatic heterocycles. The monoisotopic (exact) mass is 220 g/mol. The zero-order chi connectivity index (χ0) is 12.3. The Balaban J connectivity index is 2.62. The van der Waals surface area contributed by atoms with Crippen molar-refractivity contribution in [2.75, 3.05) is 0 Å². The number of carbonyl (C=O) groups is 1. The highest BCUT2D eigenvalue weighted by Crippen LogP contribution is 2.44. The second-order valence-electron chi connectivity index (χ2n) is 5.44. The first kappa shape index (κ1) is 13.2. The first-order valence-corrected chi connectivity index (χ1v) is 6.26. The molecule has 0 spiro atoms. The molecule has 0 saturated carbocycles. The number of Topliss-reactive ketones (excluding diaryl/α,β-unsaturated/α-hetero) is 1. The van der Waals surface area contributed by atoms with Gasteiger partial charge >= 0.3 is 0 Å². The second kappa shape index (κ2) is 4.99. The third-order valence-corrected chi connectivity index (χ3v) is 4.22. The quantitative estimate of drug-likeness (QED) is 0.510. The predicted molar refractivity (Wildman–Crippen MR) is 69.3 cm³/mol. The molecule has 0 N–H and O–H groups in total. The van der Waals surface area contributed by atoms with Gasteiger partial charge in [-0.05, 0) is 43.6 Å². The van der Waals surface area contributed by atoms with E-state index in [9.17, 15) is 4.79 Å². The van der Waals surface area contributed by atoms with E-state index in [1.54, 1.807) is 0 Å². The Morgan fingerprint density at radius 2 is 2.19 bits per heavy atom. The summed E-state index contributed by atoms with van der Waals surface area (Å²) in [6, 6.07) is 0. The van der Waals surface area contributed by atoms with Gasteiger partial charge in [0.05, 0.1) is 0 Å². The van der Waals surface area contributed by atoms with Gasteiger partial charge in [0.15, 0.2) is 5.78 Å². The number of allylic oxidation sites excluding steroid dienone is 4. The average molecular weight is 220 g/mol. The van der Waals surface area contributed by atoms with Crippen molar-refractivity contribution in [3.63, 3.8) is 0 Å². The molecule has 1 heteroatoms. The molecule has 0 saturated heterocycles. The Labute approximate surface area is 99.6 Å². The molecule has 0 amide bonds. The maximum Gasteiger partial charge on any atom is 0.157 e. The lowest BCUT2D eigenvalue weighted by atomic mass is 9.76. The van der Waals surface area contributed by atoms with Crippen molar-refractivity contribution in [2.24, 2.45) is 11.3 Å². The number of carbonyl (C=O) groups excluding carboxylic acids is 1. The maximum atomic E-state index is 11.5. The molecule has 0 fully saturated rings. The summed E-state index contributed by atoms with van der Waals surface area (Å²) >= 11 is 0. The van der Waals surface area contributed by atoms with Gasteiger partial charge in [0, 0.05) is 6.42 Å². The molecular weight excluding hydrogens is 196 g/mol. The van der Waals surface area contributed by atoms with Crippen LogP contribution in [0.2, 0.25) is 0 Å². The Bertz CT molecular complexity index is 331. The second-order valence-corrected chi connectivity index (χ2v) is 5.44. The van der Waals surface area contributed by atoms with Crippen molar-refractivity contribution in [2.45, 2.75) is 53.9 Å². The minimum atomic E-state index is 0.278. The topological polar surface area (TPSA) is 17.1 Å². The molecule has 1 aliphatic carbocycles. The van der Waals surface area contributed by atoms with Gasteiger partial charge in [-0.2, -0.15) is 0 Å². The molecule has 0 aromatic heterocycles. The van der Waals surface area contributed by atoms with E-state index in [0.29, 0.717) is 17.8 Å². The van der Waals surface area contributed by atoms with Gasteiger partial charge in [-0.15, -0.1) is 0 Å². The summed E-state index contributed by atoms with van der Waals surface area (Å²) in [5.74, 6) is 0.938. The summed E-state index contributed by atoms with van der Waals surface area (Å²) in [6.07, 6.45) is 7.27. The van der Waals surface area contributed by atoms with Crippen LogP contribution in [0.25, 0.3) is 0 Å². The number of ketones is 1. The Hall–Kier alpha value is -0.850. The lowest BCUT2D eigenvalue weighted by Crippen LogP contribution is -2.20. The molecule has 0 unspecified atom stereocenters. The van der Waals surface area contributed by atoms with E-state index in [1.165, 1.54) is 5.57 Å². The van der Waals surface area contributed by atoms with Crippen LogP contribution in [0.3, 0.4) is 0 Å². The highest BCUT2D eigenvalue weighted by molar-refractivity contribution is 5.94. The average Bonchev–Trinajstić information content (AvgIpc) is 2.50. The molecule has 90 valence electrons. The minimum Gasteiger partial charge on any atom is -0.295 e. The van der Waals surface area contributed by atoms with E-state index >= 15 is 0 Å². The molecule has 0 aromatic rings. The molecule has 1 atom stereocenters. The van der Waals surface area contributed by atoms with Crippen LogP contribution in [0, 0.1) is 11.3 Å². The third-order valence-electron chi connectivity index (χ3n) is 4.22. The fourth-order valence-electron chi connectivity index (χ4n) is 2.30. The van der Waals surface area contributed by atoms with Crippen LogP contribution in [0.4, 0.5) is 0 Å². The molecule has 0 radical (unpaired) electrons. The summed E-state index contributed by atoms with van der Waals surface area (Å²) in [4.78, 5) is 11.5. The fraction of sp³-hybridized carbons (Fsp3) is 0.667. The van der Waals surface area contributed by atoms with Gasteiger partial charge in [0.2, 0.25) is 0 Å². The molecule has 0 bridgehead atoms.